The lowest BCUT2D eigenvalue weighted by molar-refractivity contribution is 0.355. The third-order valence-corrected chi connectivity index (χ3v) is 5.79. The van der Waals surface area contributed by atoms with Crippen LogP contribution in [-0.2, 0) is 0 Å². The minimum Gasteiger partial charge on any atom is -0.493 e. The Morgan fingerprint density at radius 1 is 1.03 bits per heavy atom. The van der Waals surface area contributed by atoms with E-state index < -0.39 is 0 Å². The van der Waals surface area contributed by atoms with Crippen molar-refractivity contribution in [3.8, 4) is 11.5 Å². The van der Waals surface area contributed by atoms with Crippen LogP contribution in [0.4, 0.5) is 5.82 Å². The Bertz CT molecular complexity index is 1270. The highest BCUT2D eigenvalue weighted by Crippen LogP contribution is 2.36. The number of anilines is 1. The number of hydrogen-bond acceptors (Lipinski definition) is 7. The van der Waals surface area contributed by atoms with Gasteiger partial charge in [0.15, 0.2) is 17.3 Å². The van der Waals surface area contributed by atoms with Crippen LogP contribution in [0.1, 0.15) is 18.9 Å². The van der Waals surface area contributed by atoms with E-state index in [4.69, 9.17) is 9.47 Å². The summed E-state index contributed by atoms with van der Waals surface area (Å²) in [5, 5.41) is 13.3. The lowest BCUT2D eigenvalue weighted by Gasteiger charge is -2.33. The van der Waals surface area contributed by atoms with Gasteiger partial charge in [0, 0.05) is 25.2 Å². The Morgan fingerprint density at radius 2 is 1.77 bits per heavy atom. The van der Waals surface area contributed by atoms with E-state index in [1.165, 1.54) is 0 Å². The van der Waals surface area contributed by atoms with Crippen molar-refractivity contribution in [1.82, 2.24) is 25.0 Å². The highest BCUT2D eigenvalue weighted by Gasteiger charge is 2.26. The van der Waals surface area contributed by atoms with E-state index in [1.807, 2.05) is 41.0 Å². The number of para-hydroxylation sites is 2. The molecule has 9 heteroatoms. The maximum Gasteiger partial charge on any atom is 0.326 e. The fourth-order valence-electron chi connectivity index (χ4n) is 4.30. The Morgan fingerprint density at radius 3 is 2.53 bits per heavy atom. The average molecular weight is 406 g/mol. The van der Waals surface area contributed by atoms with Gasteiger partial charge in [0.1, 0.15) is 5.52 Å². The van der Waals surface area contributed by atoms with Crippen molar-refractivity contribution in [3.05, 3.63) is 46.9 Å². The molecular formula is C21H22N6O3. The predicted octanol–water partition coefficient (Wildman–Crippen LogP) is 2.53. The normalized spacial score (nSPS) is 15.1. The number of aromatic nitrogens is 5. The highest BCUT2D eigenvalue weighted by molar-refractivity contribution is 5.91. The first-order chi connectivity index (χ1) is 14.7. The van der Waals surface area contributed by atoms with Crippen molar-refractivity contribution in [2.75, 3.05) is 32.2 Å². The monoisotopic (exact) mass is 406 g/mol. The zero-order chi connectivity index (χ0) is 20.7. The summed E-state index contributed by atoms with van der Waals surface area (Å²) in [5.41, 5.74) is 2.47. The fraction of sp³-hybridized carbons (Fsp3) is 0.333. The fourth-order valence-corrected chi connectivity index (χ4v) is 4.30. The van der Waals surface area contributed by atoms with Crippen molar-refractivity contribution in [3.63, 3.8) is 0 Å². The van der Waals surface area contributed by atoms with Crippen LogP contribution >= 0.6 is 0 Å². The first kappa shape index (κ1) is 18.4. The molecular weight excluding hydrogens is 384 g/mol. The van der Waals surface area contributed by atoms with Crippen molar-refractivity contribution in [1.29, 1.82) is 0 Å². The number of methoxy groups -OCH3 is 2. The van der Waals surface area contributed by atoms with Crippen molar-refractivity contribution in [2.24, 2.45) is 0 Å². The number of fused-ring (bicyclic) bond motifs is 2. The molecule has 0 unspecified atom stereocenters. The molecule has 5 rings (SSSR count). The van der Waals surface area contributed by atoms with Gasteiger partial charge in [-0.05, 0) is 36.3 Å². The molecule has 2 aromatic carbocycles. The van der Waals surface area contributed by atoms with Crippen LogP contribution in [0, 0.1) is 0 Å². The van der Waals surface area contributed by atoms with E-state index >= 15 is 0 Å². The maximum absolute atomic E-state index is 12.5. The second-order valence-electron chi connectivity index (χ2n) is 7.37. The molecule has 0 bridgehead atoms. The van der Waals surface area contributed by atoms with Gasteiger partial charge in [0.25, 0.3) is 0 Å². The van der Waals surface area contributed by atoms with Crippen molar-refractivity contribution in [2.45, 2.75) is 18.9 Å². The number of rotatable bonds is 4. The van der Waals surface area contributed by atoms with Crippen LogP contribution in [0.25, 0.3) is 21.9 Å². The minimum atomic E-state index is -0.0550. The zero-order valence-corrected chi connectivity index (χ0v) is 16.8. The number of imidazole rings is 1. The summed E-state index contributed by atoms with van der Waals surface area (Å²) in [6.07, 6.45) is 1.67. The Labute approximate surface area is 172 Å². The Hall–Kier alpha value is -3.62. The quantitative estimate of drug-likeness (QED) is 0.556. The van der Waals surface area contributed by atoms with Crippen molar-refractivity contribution < 1.29 is 9.47 Å². The molecule has 9 nitrogen and oxygen atoms in total. The SMILES string of the molecule is COc1cc2nnnc(N3CCC(n4c(=O)[nH]c5ccccc54)CC3)c2cc1OC. The summed E-state index contributed by atoms with van der Waals surface area (Å²) in [4.78, 5) is 17.7. The van der Waals surface area contributed by atoms with Gasteiger partial charge in [-0.1, -0.05) is 12.1 Å². The van der Waals surface area contributed by atoms with Crippen molar-refractivity contribution >= 4 is 27.8 Å². The third-order valence-electron chi connectivity index (χ3n) is 5.79. The molecule has 2 aromatic heterocycles. The van der Waals surface area contributed by atoms with Gasteiger partial charge in [-0.15, -0.1) is 10.2 Å². The summed E-state index contributed by atoms with van der Waals surface area (Å²) >= 11 is 0. The molecule has 0 aliphatic carbocycles. The standard InChI is InChI=1S/C21H22N6O3/c1-29-18-11-14-16(12-19(18)30-2)23-25-24-20(14)26-9-7-13(8-10-26)27-17-6-4-3-5-15(17)22-21(27)28/h3-6,11-13H,7-10H2,1-2H3,(H,22,28). The molecule has 1 aliphatic heterocycles. The van der Waals surface area contributed by atoms with Gasteiger partial charge in [0.05, 0.1) is 30.6 Å². The van der Waals surface area contributed by atoms with E-state index in [2.05, 4.69) is 25.3 Å². The smallest absolute Gasteiger partial charge is 0.326 e. The van der Waals surface area contributed by atoms with Gasteiger partial charge in [0.2, 0.25) is 0 Å². The number of nitrogens with zero attached hydrogens (tertiary/aromatic N) is 5. The summed E-state index contributed by atoms with van der Waals surface area (Å²) in [5.74, 6) is 2.00. The van der Waals surface area contributed by atoms with Crippen LogP contribution in [0.2, 0.25) is 0 Å². The first-order valence-corrected chi connectivity index (χ1v) is 9.89. The molecule has 1 fully saturated rings. The van der Waals surface area contributed by atoms with E-state index in [0.29, 0.717) is 17.0 Å². The van der Waals surface area contributed by atoms with E-state index in [0.717, 1.165) is 48.2 Å². The number of ether oxygens (including phenoxy) is 2. The lowest BCUT2D eigenvalue weighted by Crippen LogP contribution is -2.37. The number of piperidine rings is 1. The van der Waals surface area contributed by atoms with Gasteiger partial charge in [-0.25, -0.2) is 4.79 Å². The molecule has 0 amide bonds. The van der Waals surface area contributed by atoms with Gasteiger partial charge >= 0.3 is 5.69 Å². The lowest BCUT2D eigenvalue weighted by atomic mass is 10.0. The second kappa shape index (κ2) is 7.33. The second-order valence-corrected chi connectivity index (χ2v) is 7.37. The zero-order valence-electron chi connectivity index (χ0n) is 16.8. The van der Waals surface area contributed by atoms with Crippen LogP contribution in [0.3, 0.4) is 0 Å². The highest BCUT2D eigenvalue weighted by atomic mass is 16.5. The number of hydrogen-bond donors (Lipinski definition) is 1. The van der Waals surface area contributed by atoms with Crippen LogP contribution in [0.15, 0.2) is 41.2 Å². The van der Waals surface area contributed by atoms with E-state index in [9.17, 15) is 4.79 Å². The minimum absolute atomic E-state index is 0.0550. The molecule has 154 valence electrons. The molecule has 30 heavy (non-hydrogen) atoms. The summed E-state index contributed by atoms with van der Waals surface area (Å²) in [6, 6.07) is 11.7. The molecule has 0 spiro atoms. The molecule has 3 heterocycles. The number of nitrogens with one attached hydrogen (secondary N) is 1. The topological polar surface area (TPSA) is 98.2 Å². The van der Waals surface area contributed by atoms with Crippen LogP contribution in [-0.4, -0.2) is 52.3 Å². The summed E-state index contributed by atoms with van der Waals surface area (Å²) < 4.78 is 12.7. The largest absolute Gasteiger partial charge is 0.493 e. The van der Waals surface area contributed by atoms with Gasteiger partial charge in [-0.2, -0.15) is 0 Å². The molecule has 0 atom stereocenters. The first-order valence-electron chi connectivity index (χ1n) is 9.89. The molecule has 4 aromatic rings. The number of H-pyrrole nitrogens is 1. The van der Waals surface area contributed by atoms with Crippen LogP contribution in [0.5, 0.6) is 11.5 Å². The Kier molecular flexibility index (Phi) is 4.50. The third kappa shape index (κ3) is 2.94. The number of benzene rings is 2. The molecule has 1 aliphatic rings. The molecule has 0 saturated carbocycles. The predicted molar refractivity (Wildman–Crippen MR) is 113 cm³/mol. The molecule has 1 N–H and O–H groups in total. The van der Waals surface area contributed by atoms with E-state index in [1.54, 1.807) is 14.2 Å². The molecule has 1 saturated heterocycles. The van der Waals surface area contributed by atoms with E-state index in [-0.39, 0.29) is 11.7 Å². The maximum atomic E-state index is 12.5. The average Bonchev–Trinajstić information content (AvgIpc) is 3.13. The Balaban J connectivity index is 1.45. The van der Waals surface area contributed by atoms with Gasteiger partial charge in [-0.3, -0.25) is 4.57 Å². The summed E-state index contributed by atoms with van der Waals surface area (Å²) in [7, 11) is 3.20. The number of aromatic amines is 1. The van der Waals surface area contributed by atoms with Gasteiger partial charge < -0.3 is 19.4 Å². The molecule has 0 radical (unpaired) electrons. The summed E-state index contributed by atoms with van der Waals surface area (Å²) in [6.45, 7) is 1.53. The van der Waals surface area contributed by atoms with Crippen LogP contribution < -0.4 is 20.1 Å².